The number of aromatic nitrogens is 6. The monoisotopic (exact) mass is 399 g/mol. The number of rotatable bonds is 4. The maximum Gasteiger partial charge on any atom is 0.277 e. The van der Waals surface area contributed by atoms with Crippen molar-refractivity contribution in [2.45, 2.75) is 32.2 Å². The zero-order valence-electron chi connectivity index (χ0n) is 16.4. The van der Waals surface area contributed by atoms with E-state index in [0.29, 0.717) is 5.69 Å². The Labute approximate surface area is 173 Å². The predicted molar refractivity (Wildman–Crippen MR) is 112 cm³/mol. The summed E-state index contributed by atoms with van der Waals surface area (Å²) in [5.41, 5.74) is 2.78. The summed E-state index contributed by atoms with van der Waals surface area (Å²) in [5.74, 6) is 1.64. The number of fused-ring (bicyclic) bond motifs is 1. The van der Waals surface area contributed by atoms with E-state index < -0.39 is 0 Å². The summed E-state index contributed by atoms with van der Waals surface area (Å²) in [6.45, 7) is 0.952. The molecular weight excluding hydrogens is 378 g/mol. The van der Waals surface area contributed by atoms with Gasteiger partial charge in [-0.25, -0.2) is 4.68 Å². The summed E-state index contributed by atoms with van der Waals surface area (Å²) >= 11 is 0. The van der Waals surface area contributed by atoms with Gasteiger partial charge in [0.25, 0.3) is 5.91 Å². The Morgan fingerprint density at radius 3 is 2.57 bits per heavy atom. The SMILES string of the molecule is O=C(Nc1ccc(-c2nnc3n2CCCCC3)cc1)c1cn(-c2ccccc2)nn1. The van der Waals surface area contributed by atoms with E-state index in [2.05, 4.69) is 30.4 Å². The smallest absolute Gasteiger partial charge is 0.277 e. The van der Waals surface area contributed by atoms with Crippen LogP contribution in [-0.4, -0.2) is 35.7 Å². The second-order valence-electron chi connectivity index (χ2n) is 7.32. The van der Waals surface area contributed by atoms with Crippen molar-refractivity contribution in [3.63, 3.8) is 0 Å². The van der Waals surface area contributed by atoms with Crippen LogP contribution in [0.2, 0.25) is 0 Å². The lowest BCUT2D eigenvalue weighted by molar-refractivity contribution is 0.102. The van der Waals surface area contributed by atoms with Gasteiger partial charge in [-0.2, -0.15) is 0 Å². The molecular formula is C22H21N7O. The van der Waals surface area contributed by atoms with Crippen molar-refractivity contribution < 1.29 is 4.79 Å². The van der Waals surface area contributed by atoms with Crippen LogP contribution in [0.4, 0.5) is 5.69 Å². The van der Waals surface area contributed by atoms with Gasteiger partial charge in [0.2, 0.25) is 0 Å². The standard InChI is InChI=1S/C22H21N7O/c30-22(19-15-29(27-24-19)18-7-3-1-4-8-18)23-17-12-10-16(11-13-17)21-26-25-20-9-5-2-6-14-28(20)21/h1,3-4,7-8,10-13,15H,2,5-6,9,14H2,(H,23,30). The van der Waals surface area contributed by atoms with Crippen LogP contribution in [0.3, 0.4) is 0 Å². The number of amides is 1. The van der Waals surface area contributed by atoms with Gasteiger partial charge in [-0.1, -0.05) is 29.8 Å². The van der Waals surface area contributed by atoms with E-state index in [-0.39, 0.29) is 11.6 Å². The molecule has 2 aromatic heterocycles. The third kappa shape index (κ3) is 3.59. The molecule has 0 aliphatic carbocycles. The van der Waals surface area contributed by atoms with Gasteiger partial charge in [0.05, 0.1) is 11.9 Å². The Morgan fingerprint density at radius 2 is 1.73 bits per heavy atom. The van der Waals surface area contributed by atoms with Crippen LogP contribution in [0, 0.1) is 0 Å². The number of para-hydroxylation sites is 1. The third-order valence-electron chi connectivity index (χ3n) is 5.26. The van der Waals surface area contributed by atoms with Crippen molar-refractivity contribution in [3.8, 4) is 17.1 Å². The van der Waals surface area contributed by atoms with E-state index in [0.717, 1.165) is 48.7 Å². The van der Waals surface area contributed by atoms with Crippen molar-refractivity contribution in [2.24, 2.45) is 0 Å². The minimum atomic E-state index is -0.304. The fraction of sp³-hybridized carbons (Fsp3) is 0.227. The molecule has 4 aromatic rings. The van der Waals surface area contributed by atoms with Gasteiger partial charge < -0.3 is 9.88 Å². The van der Waals surface area contributed by atoms with Crippen molar-refractivity contribution >= 4 is 11.6 Å². The highest BCUT2D eigenvalue weighted by molar-refractivity contribution is 6.02. The molecule has 1 aliphatic heterocycles. The summed E-state index contributed by atoms with van der Waals surface area (Å²) in [5, 5.41) is 19.6. The van der Waals surface area contributed by atoms with E-state index in [1.165, 1.54) is 6.42 Å². The molecule has 0 radical (unpaired) electrons. The number of nitrogens with zero attached hydrogens (tertiary/aromatic N) is 6. The first kappa shape index (κ1) is 18.2. The van der Waals surface area contributed by atoms with Crippen LogP contribution in [0.25, 0.3) is 17.1 Å². The summed E-state index contributed by atoms with van der Waals surface area (Å²) < 4.78 is 3.79. The summed E-state index contributed by atoms with van der Waals surface area (Å²) in [7, 11) is 0. The van der Waals surface area contributed by atoms with Gasteiger partial charge in [0.1, 0.15) is 5.82 Å². The molecule has 0 unspecified atom stereocenters. The molecule has 2 aromatic carbocycles. The summed E-state index contributed by atoms with van der Waals surface area (Å²) in [4.78, 5) is 12.5. The van der Waals surface area contributed by atoms with E-state index in [4.69, 9.17) is 0 Å². The molecule has 8 nitrogen and oxygen atoms in total. The first-order valence-electron chi connectivity index (χ1n) is 10.1. The Balaban J connectivity index is 1.30. The molecule has 0 spiro atoms. The van der Waals surface area contributed by atoms with Gasteiger partial charge in [0.15, 0.2) is 11.5 Å². The normalized spacial score (nSPS) is 13.5. The maximum absolute atomic E-state index is 12.5. The predicted octanol–water partition coefficient (Wildman–Crippen LogP) is 3.50. The first-order chi connectivity index (χ1) is 14.8. The minimum absolute atomic E-state index is 0.255. The molecule has 0 saturated carbocycles. The Morgan fingerprint density at radius 1 is 0.900 bits per heavy atom. The van der Waals surface area contributed by atoms with Crippen LogP contribution < -0.4 is 5.32 Å². The van der Waals surface area contributed by atoms with Gasteiger partial charge >= 0.3 is 0 Å². The first-order valence-corrected chi connectivity index (χ1v) is 10.1. The van der Waals surface area contributed by atoms with Crippen molar-refractivity contribution in [1.29, 1.82) is 0 Å². The van der Waals surface area contributed by atoms with Crippen LogP contribution in [-0.2, 0) is 13.0 Å². The number of hydrogen-bond donors (Lipinski definition) is 1. The molecule has 0 bridgehead atoms. The summed E-state index contributed by atoms with van der Waals surface area (Å²) in [6.07, 6.45) is 6.13. The molecule has 1 aliphatic rings. The van der Waals surface area contributed by atoms with Crippen LogP contribution in [0.5, 0.6) is 0 Å². The molecule has 0 atom stereocenters. The third-order valence-corrected chi connectivity index (χ3v) is 5.26. The van der Waals surface area contributed by atoms with Gasteiger partial charge in [-0.3, -0.25) is 4.79 Å². The number of nitrogens with one attached hydrogen (secondary N) is 1. The number of carbonyl (C=O) groups is 1. The van der Waals surface area contributed by atoms with Gasteiger partial charge in [-0.05, 0) is 49.2 Å². The van der Waals surface area contributed by atoms with E-state index >= 15 is 0 Å². The highest BCUT2D eigenvalue weighted by Gasteiger charge is 2.16. The number of aryl methyl sites for hydroxylation is 1. The molecule has 1 N–H and O–H groups in total. The van der Waals surface area contributed by atoms with Gasteiger partial charge in [-0.15, -0.1) is 15.3 Å². The fourth-order valence-electron chi connectivity index (χ4n) is 3.67. The number of benzene rings is 2. The van der Waals surface area contributed by atoms with Crippen molar-refractivity contribution in [3.05, 3.63) is 72.3 Å². The zero-order chi connectivity index (χ0) is 20.3. The maximum atomic E-state index is 12.5. The highest BCUT2D eigenvalue weighted by atomic mass is 16.2. The second-order valence-corrected chi connectivity index (χ2v) is 7.32. The Bertz CT molecular complexity index is 1160. The molecule has 30 heavy (non-hydrogen) atoms. The molecule has 8 heteroatoms. The average Bonchev–Trinajstić information content (AvgIpc) is 3.37. The molecule has 150 valence electrons. The molecule has 1 amide bonds. The van der Waals surface area contributed by atoms with Crippen molar-refractivity contribution in [1.82, 2.24) is 29.8 Å². The molecule has 5 rings (SSSR count). The van der Waals surface area contributed by atoms with E-state index in [1.807, 2.05) is 54.6 Å². The lowest BCUT2D eigenvalue weighted by Crippen LogP contribution is -2.12. The van der Waals surface area contributed by atoms with Crippen molar-refractivity contribution in [2.75, 3.05) is 5.32 Å². The lowest BCUT2D eigenvalue weighted by atomic mass is 10.2. The second kappa shape index (κ2) is 7.90. The Hall–Kier alpha value is -3.81. The number of anilines is 1. The topological polar surface area (TPSA) is 90.5 Å². The number of hydrogen-bond acceptors (Lipinski definition) is 5. The van der Waals surface area contributed by atoms with E-state index in [9.17, 15) is 4.79 Å². The number of carbonyl (C=O) groups excluding carboxylic acids is 1. The van der Waals surface area contributed by atoms with Gasteiger partial charge in [0, 0.05) is 24.2 Å². The van der Waals surface area contributed by atoms with E-state index in [1.54, 1.807) is 10.9 Å². The fourth-order valence-corrected chi connectivity index (χ4v) is 3.67. The zero-order valence-corrected chi connectivity index (χ0v) is 16.4. The van der Waals surface area contributed by atoms with Crippen LogP contribution >= 0.6 is 0 Å². The molecule has 0 saturated heterocycles. The quantitative estimate of drug-likeness (QED) is 0.567. The summed E-state index contributed by atoms with van der Waals surface area (Å²) in [6, 6.07) is 17.2. The molecule has 0 fully saturated rings. The average molecular weight is 399 g/mol. The Kier molecular flexibility index (Phi) is 4.80. The molecule has 3 heterocycles. The largest absolute Gasteiger partial charge is 0.321 e. The van der Waals surface area contributed by atoms with Crippen LogP contribution in [0.1, 0.15) is 35.6 Å². The minimum Gasteiger partial charge on any atom is -0.321 e. The lowest BCUT2D eigenvalue weighted by Gasteiger charge is -2.08. The van der Waals surface area contributed by atoms with Crippen LogP contribution in [0.15, 0.2) is 60.8 Å². The highest BCUT2D eigenvalue weighted by Crippen LogP contribution is 2.24.